The van der Waals surface area contributed by atoms with Gasteiger partial charge in [-0.1, -0.05) is 40.0 Å². The largest absolute Gasteiger partial charge is 0.477 e. The summed E-state index contributed by atoms with van der Waals surface area (Å²) in [4.78, 5) is 16.6. The molecule has 0 aliphatic heterocycles. The number of benzene rings is 2. The number of nitrogens with two attached hydrogens (primary N) is 1. The molecule has 0 saturated heterocycles. The number of ether oxygens (including phenoxy) is 1. The predicted octanol–water partition coefficient (Wildman–Crippen LogP) is 3.70. The Morgan fingerprint density at radius 1 is 1.11 bits per heavy atom. The summed E-state index contributed by atoms with van der Waals surface area (Å²) in [6.07, 6.45) is -1.08. The van der Waals surface area contributed by atoms with Crippen LogP contribution in [0, 0.1) is 0 Å². The molecule has 1 unspecified atom stereocenters. The van der Waals surface area contributed by atoms with Crippen molar-refractivity contribution in [3.63, 3.8) is 0 Å². The smallest absolute Gasteiger partial charge is 0.374 e. The van der Waals surface area contributed by atoms with E-state index in [4.69, 9.17) is 45.3 Å². The van der Waals surface area contributed by atoms with E-state index in [0.717, 1.165) is 0 Å². The van der Waals surface area contributed by atoms with E-state index in [9.17, 15) is 13.2 Å². The second-order valence-electron chi connectivity index (χ2n) is 5.54. The molecule has 2 N–H and O–H groups in total. The lowest BCUT2D eigenvalue weighted by atomic mass is 10.3. The molecule has 0 heterocycles. The van der Waals surface area contributed by atoms with Crippen LogP contribution in [0.1, 0.15) is 6.92 Å². The molecule has 150 valence electrons. The highest BCUT2D eigenvalue weighted by molar-refractivity contribution is 7.92. The first kappa shape index (κ1) is 22.3. The van der Waals surface area contributed by atoms with E-state index in [1.54, 1.807) is 6.07 Å². The lowest BCUT2D eigenvalue weighted by Gasteiger charge is -2.13. The highest BCUT2D eigenvalue weighted by atomic mass is 35.5. The summed E-state index contributed by atoms with van der Waals surface area (Å²) in [6.45, 7) is 1.41. The number of nitrogens with zero attached hydrogens (tertiary/aromatic N) is 1. The van der Waals surface area contributed by atoms with E-state index in [0.29, 0.717) is 10.0 Å². The Balaban J connectivity index is 1.97. The number of hydrogen-bond donors (Lipinski definition) is 1. The number of carbonyl (C=O) groups is 1. The number of hydrogen-bond acceptors (Lipinski definition) is 6. The van der Waals surface area contributed by atoms with E-state index >= 15 is 0 Å². The third-order valence-electron chi connectivity index (χ3n) is 3.29. The van der Waals surface area contributed by atoms with Gasteiger partial charge in [-0.05, 0) is 49.4 Å². The molecule has 0 amide bonds. The maximum absolute atomic E-state index is 12.2. The van der Waals surface area contributed by atoms with Crippen molar-refractivity contribution >= 4 is 56.4 Å². The fourth-order valence-electron chi connectivity index (χ4n) is 1.93. The Labute approximate surface area is 176 Å². The van der Waals surface area contributed by atoms with Gasteiger partial charge < -0.3 is 15.3 Å². The lowest BCUT2D eigenvalue weighted by Crippen LogP contribution is -2.28. The first-order valence-electron chi connectivity index (χ1n) is 7.71. The maximum Gasteiger partial charge on any atom is 0.374 e. The number of rotatable bonds is 7. The molecule has 0 saturated carbocycles. The van der Waals surface area contributed by atoms with Crippen LogP contribution in [-0.4, -0.2) is 32.1 Å². The Morgan fingerprint density at radius 3 is 2.32 bits per heavy atom. The number of sulfone groups is 1. The second kappa shape index (κ2) is 9.47. The Hall–Kier alpha value is -2.00. The van der Waals surface area contributed by atoms with Crippen LogP contribution in [0.15, 0.2) is 52.5 Å². The minimum atomic E-state index is -3.77. The minimum absolute atomic E-state index is 0.00968. The van der Waals surface area contributed by atoms with Gasteiger partial charge in [-0.15, -0.1) is 0 Å². The first-order valence-corrected chi connectivity index (χ1v) is 10.5. The van der Waals surface area contributed by atoms with E-state index < -0.39 is 33.5 Å². The van der Waals surface area contributed by atoms with Gasteiger partial charge in [0.05, 0.1) is 9.92 Å². The third kappa shape index (κ3) is 6.27. The average molecular weight is 466 g/mol. The fourth-order valence-corrected chi connectivity index (χ4v) is 3.67. The fraction of sp³-hybridized carbons (Fsp3) is 0.176. The van der Waals surface area contributed by atoms with Gasteiger partial charge in [-0.3, -0.25) is 0 Å². The molecule has 0 spiro atoms. The number of oxime groups is 1. The SMILES string of the molecule is CC(Oc1ccc(Cl)cc1Cl)C(=O)O/N=C(/N)CS(=O)(=O)c1ccc(Cl)cc1. The number of halogens is 3. The van der Waals surface area contributed by atoms with E-state index in [1.807, 2.05) is 0 Å². The second-order valence-corrected chi connectivity index (χ2v) is 8.81. The zero-order chi connectivity index (χ0) is 20.9. The van der Waals surface area contributed by atoms with E-state index in [-0.39, 0.29) is 15.7 Å². The zero-order valence-electron chi connectivity index (χ0n) is 14.4. The van der Waals surface area contributed by atoms with Gasteiger partial charge in [0.15, 0.2) is 21.8 Å². The lowest BCUT2D eigenvalue weighted by molar-refractivity contribution is -0.151. The molecule has 7 nitrogen and oxygen atoms in total. The molecule has 2 aromatic rings. The van der Waals surface area contributed by atoms with Gasteiger partial charge in [0.1, 0.15) is 11.5 Å². The third-order valence-corrected chi connectivity index (χ3v) is 5.74. The highest BCUT2D eigenvalue weighted by Gasteiger charge is 2.20. The van der Waals surface area contributed by atoms with Gasteiger partial charge in [-0.2, -0.15) is 0 Å². The van der Waals surface area contributed by atoms with Gasteiger partial charge >= 0.3 is 5.97 Å². The van der Waals surface area contributed by atoms with Crippen molar-refractivity contribution in [1.82, 2.24) is 0 Å². The molecule has 11 heteroatoms. The Kier molecular flexibility index (Phi) is 7.54. The van der Waals surface area contributed by atoms with Crippen LogP contribution in [-0.2, 0) is 19.5 Å². The molecule has 0 bridgehead atoms. The summed E-state index contributed by atoms with van der Waals surface area (Å²) in [6, 6.07) is 10.0. The van der Waals surface area contributed by atoms with Crippen molar-refractivity contribution in [3.05, 3.63) is 57.5 Å². The van der Waals surface area contributed by atoms with Crippen LogP contribution in [0.2, 0.25) is 15.1 Å². The Bertz CT molecular complexity index is 994. The van der Waals surface area contributed by atoms with Crippen molar-refractivity contribution in [2.45, 2.75) is 17.9 Å². The van der Waals surface area contributed by atoms with Crippen molar-refractivity contribution in [2.24, 2.45) is 10.9 Å². The molecule has 0 aromatic heterocycles. The number of amidine groups is 1. The molecular weight excluding hydrogens is 451 g/mol. The minimum Gasteiger partial charge on any atom is -0.477 e. The summed E-state index contributed by atoms with van der Waals surface area (Å²) in [5.74, 6) is -1.71. The molecular formula is C17H15Cl3N2O5S. The number of carbonyl (C=O) groups excluding carboxylic acids is 1. The molecule has 2 aromatic carbocycles. The average Bonchev–Trinajstić information content (AvgIpc) is 2.62. The van der Waals surface area contributed by atoms with Crippen LogP contribution in [0.25, 0.3) is 0 Å². The van der Waals surface area contributed by atoms with Gasteiger partial charge in [0.2, 0.25) is 0 Å². The maximum atomic E-state index is 12.2. The summed E-state index contributed by atoms with van der Waals surface area (Å²) in [5, 5.41) is 4.37. The molecule has 0 aliphatic carbocycles. The topological polar surface area (TPSA) is 108 Å². The van der Waals surface area contributed by atoms with Crippen LogP contribution in [0.3, 0.4) is 0 Å². The van der Waals surface area contributed by atoms with Crippen molar-refractivity contribution < 1.29 is 22.8 Å². The normalized spacial score (nSPS) is 13.1. The molecule has 2 rings (SSSR count). The quantitative estimate of drug-likeness (QED) is 0.289. The van der Waals surface area contributed by atoms with Crippen molar-refractivity contribution in [2.75, 3.05) is 5.75 Å². The van der Waals surface area contributed by atoms with Crippen LogP contribution in [0.4, 0.5) is 0 Å². The predicted molar refractivity (Wildman–Crippen MR) is 108 cm³/mol. The van der Waals surface area contributed by atoms with Gasteiger partial charge in [0.25, 0.3) is 0 Å². The van der Waals surface area contributed by atoms with Gasteiger partial charge in [0, 0.05) is 10.0 Å². The van der Waals surface area contributed by atoms with Crippen LogP contribution < -0.4 is 10.5 Å². The Morgan fingerprint density at radius 2 is 1.71 bits per heavy atom. The summed E-state index contributed by atoms with van der Waals surface area (Å²) in [7, 11) is -3.77. The summed E-state index contributed by atoms with van der Waals surface area (Å²) in [5.41, 5.74) is 5.56. The molecule has 0 radical (unpaired) electrons. The van der Waals surface area contributed by atoms with Gasteiger partial charge in [-0.25, -0.2) is 13.2 Å². The molecule has 1 atom stereocenters. The highest BCUT2D eigenvalue weighted by Crippen LogP contribution is 2.28. The van der Waals surface area contributed by atoms with Crippen molar-refractivity contribution in [1.29, 1.82) is 0 Å². The molecule has 0 fully saturated rings. The summed E-state index contributed by atoms with van der Waals surface area (Å²) < 4.78 is 29.9. The zero-order valence-corrected chi connectivity index (χ0v) is 17.5. The molecule has 0 aliphatic rings. The first-order chi connectivity index (χ1) is 13.1. The standard InChI is InChI=1S/C17H15Cl3N2O5S/c1-10(26-15-7-4-12(19)8-14(15)20)17(23)27-22-16(21)9-28(24,25)13-5-2-11(18)3-6-13/h2-8,10H,9H2,1H3,(H2,21,22). The van der Waals surface area contributed by atoms with E-state index in [1.165, 1.54) is 43.3 Å². The van der Waals surface area contributed by atoms with Crippen LogP contribution >= 0.6 is 34.8 Å². The summed E-state index contributed by atoms with van der Waals surface area (Å²) >= 11 is 17.5. The monoisotopic (exact) mass is 464 g/mol. The molecule has 28 heavy (non-hydrogen) atoms. The van der Waals surface area contributed by atoms with Crippen molar-refractivity contribution in [3.8, 4) is 5.75 Å². The van der Waals surface area contributed by atoms with Crippen LogP contribution in [0.5, 0.6) is 5.75 Å². The van der Waals surface area contributed by atoms with E-state index in [2.05, 4.69) is 9.99 Å².